The number of benzene rings is 1. The number of carbonyl (C=O) groups is 1. The van der Waals surface area contributed by atoms with Crippen LogP contribution in [-0.2, 0) is 11.2 Å². The molecule has 0 heterocycles. The number of hydrogen-bond donors (Lipinski definition) is 1. The van der Waals surface area contributed by atoms with Crippen LogP contribution in [0.25, 0.3) is 0 Å². The molecule has 0 aliphatic heterocycles. The van der Waals surface area contributed by atoms with Crippen LogP contribution in [0.1, 0.15) is 32.8 Å². The average molecular weight is 259 g/mol. The van der Waals surface area contributed by atoms with Gasteiger partial charge in [0.1, 0.15) is 5.60 Å². The molecule has 0 unspecified atom stereocenters. The van der Waals surface area contributed by atoms with Crippen molar-refractivity contribution in [2.45, 2.75) is 45.3 Å². The molecule has 0 bridgehead atoms. The molecule has 19 heavy (non-hydrogen) atoms. The Bertz CT molecular complexity index is 440. The van der Waals surface area contributed by atoms with Gasteiger partial charge in [0.15, 0.2) is 0 Å². The summed E-state index contributed by atoms with van der Waals surface area (Å²) in [5.41, 5.74) is 0.691. The zero-order valence-electron chi connectivity index (χ0n) is 11.8. The SMILES string of the molecule is C#C[C@H](CCc1ccccc1)NC(=O)OC(C)(C)C. The number of ether oxygens (including phenoxy) is 1. The Balaban J connectivity index is 2.43. The number of carbonyl (C=O) groups excluding carboxylic acids is 1. The second-order valence-electron chi connectivity index (χ2n) is 5.39. The first kappa shape index (κ1) is 15.1. The number of alkyl carbamates (subject to hydrolysis) is 1. The maximum absolute atomic E-state index is 11.6. The van der Waals surface area contributed by atoms with Crippen molar-refractivity contribution in [3.05, 3.63) is 35.9 Å². The second kappa shape index (κ2) is 6.84. The Labute approximate surface area is 115 Å². The molecule has 0 spiro atoms. The normalized spacial score (nSPS) is 12.3. The van der Waals surface area contributed by atoms with Gasteiger partial charge in [-0.15, -0.1) is 6.42 Å². The van der Waals surface area contributed by atoms with E-state index < -0.39 is 11.7 Å². The van der Waals surface area contributed by atoms with Crippen LogP contribution >= 0.6 is 0 Å². The minimum absolute atomic E-state index is 0.310. The van der Waals surface area contributed by atoms with E-state index in [2.05, 4.69) is 11.2 Å². The van der Waals surface area contributed by atoms with Crippen molar-refractivity contribution >= 4 is 6.09 Å². The van der Waals surface area contributed by atoms with E-state index >= 15 is 0 Å². The monoisotopic (exact) mass is 259 g/mol. The summed E-state index contributed by atoms with van der Waals surface area (Å²) in [6.07, 6.45) is 6.48. The minimum atomic E-state index is -0.511. The molecule has 1 atom stereocenters. The quantitative estimate of drug-likeness (QED) is 0.844. The van der Waals surface area contributed by atoms with Crippen LogP contribution < -0.4 is 5.32 Å². The van der Waals surface area contributed by atoms with Gasteiger partial charge in [0.05, 0.1) is 6.04 Å². The van der Waals surface area contributed by atoms with E-state index in [1.165, 1.54) is 5.56 Å². The first-order valence-corrected chi connectivity index (χ1v) is 6.40. The highest BCUT2D eigenvalue weighted by atomic mass is 16.6. The van der Waals surface area contributed by atoms with Crippen LogP contribution in [0.3, 0.4) is 0 Å². The number of terminal acetylenes is 1. The van der Waals surface area contributed by atoms with Crippen molar-refractivity contribution in [3.8, 4) is 12.3 Å². The summed E-state index contributed by atoms with van der Waals surface area (Å²) in [5.74, 6) is 2.58. The van der Waals surface area contributed by atoms with Gasteiger partial charge in [0.25, 0.3) is 0 Å². The Kier molecular flexibility index (Phi) is 5.44. The van der Waals surface area contributed by atoms with Crippen molar-refractivity contribution in [3.63, 3.8) is 0 Å². The molecule has 0 aromatic heterocycles. The zero-order chi connectivity index (χ0) is 14.3. The lowest BCUT2D eigenvalue weighted by molar-refractivity contribution is 0.0514. The lowest BCUT2D eigenvalue weighted by Gasteiger charge is -2.21. The molecule has 1 rings (SSSR count). The Morgan fingerprint density at radius 1 is 1.37 bits per heavy atom. The third-order valence-corrected chi connectivity index (χ3v) is 2.46. The summed E-state index contributed by atoms with van der Waals surface area (Å²) in [7, 11) is 0. The van der Waals surface area contributed by atoms with Crippen molar-refractivity contribution < 1.29 is 9.53 Å². The van der Waals surface area contributed by atoms with Crippen LogP contribution in [0.2, 0.25) is 0 Å². The van der Waals surface area contributed by atoms with E-state index in [0.717, 1.165) is 6.42 Å². The lowest BCUT2D eigenvalue weighted by atomic mass is 10.1. The van der Waals surface area contributed by atoms with Crippen molar-refractivity contribution in [1.29, 1.82) is 0 Å². The Morgan fingerprint density at radius 2 is 2.00 bits per heavy atom. The molecular formula is C16H21NO2. The van der Waals surface area contributed by atoms with E-state index in [1.807, 2.05) is 51.1 Å². The van der Waals surface area contributed by atoms with Gasteiger partial charge >= 0.3 is 6.09 Å². The van der Waals surface area contributed by atoms with Crippen molar-refractivity contribution in [2.24, 2.45) is 0 Å². The van der Waals surface area contributed by atoms with Gasteiger partial charge in [0, 0.05) is 0 Å². The smallest absolute Gasteiger partial charge is 0.408 e. The molecule has 0 saturated heterocycles. The summed E-state index contributed by atoms with van der Waals surface area (Å²) >= 11 is 0. The molecule has 1 amide bonds. The fourth-order valence-corrected chi connectivity index (χ4v) is 1.60. The van der Waals surface area contributed by atoms with E-state index in [0.29, 0.717) is 6.42 Å². The molecule has 1 aromatic rings. The molecule has 0 saturated carbocycles. The highest BCUT2D eigenvalue weighted by Crippen LogP contribution is 2.08. The van der Waals surface area contributed by atoms with Crippen LogP contribution in [0.15, 0.2) is 30.3 Å². The Morgan fingerprint density at radius 3 is 2.53 bits per heavy atom. The maximum atomic E-state index is 11.6. The van der Waals surface area contributed by atoms with Gasteiger partial charge in [-0.25, -0.2) is 4.79 Å². The van der Waals surface area contributed by atoms with Crippen molar-refractivity contribution in [1.82, 2.24) is 5.32 Å². The molecule has 1 aromatic carbocycles. The molecule has 0 aliphatic carbocycles. The van der Waals surface area contributed by atoms with Crippen LogP contribution in [0.4, 0.5) is 4.79 Å². The molecular weight excluding hydrogens is 238 g/mol. The number of rotatable bonds is 4. The predicted molar refractivity (Wildman–Crippen MR) is 76.8 cm³/mol. The number of hydrogen-bond acceptors (Lipinski definition) is 2. The fourth-order valence-electron chi connectivity index (χ4n) is 1.60. The summed E-state index contributed by atoms with van der Waals surface area (Å²) in [6, 6.07) is 9.72. The minimum Gasteiger partial charge on any atom is -0.444 e. The van der Waals surface area contributed by atoms with E-state index in [1.54, 1.807) is 0 Å². The summed E-state index contributed by atoms with van der Waals surface area (Å²) < 4.78 is 5.18. The van der Waals surface area contributed by atoms with Crippen LogP contribution in [0.5, 0.6) is 0 Å². The van der Waals surface area contributed by atoms with Gasteiger partial charge in [-0.05, 0) is 39.2 Å². The van der Waals surface area contributed by atoms with Crippen molar-refractivity contribution in [2.75, 3.05) is 0 Å². The molecule has 0 aliphatic rings. The molecule has 3 heteroatoms. The van der Waals surface area contributed by atoms with E-state index in [9.17, 15) is 4.79 Å². The third-order valence-electron chi connectivity index (χ3n) is 2.46. The Hall–Kier alpha value is -1.95. The fraction of sp³-hybridized carbons (Fsp3) is 0.438. The average Bonchev–Trinajstić information content (AvgIpc) is 2.33. The summed E-state index contributed by atoms with van der Waals surface area (Å²) in [6.45, 7) is 5.46. The van der Waals surface area contributed by atoms with Gasteiger partial charge in [-0.2, -0.15) is 0 Å². The first-order valence-electron chi connectivity index (χ1n) is 6.40. The standard InChI is InChI=1S/C16H21NO2/c1-5-14(17-15(18)19-16(2,3)4)12-11-13-9-7-6-8-10-13/h1,6-10,14H,11-12H2,2-4H3,(H,17,18)/t14-/m1/s1. The topological polar surface area (TPSA) is 38.3 Å². The van der Waals surface area contributed by atoms with Gasteiger partial charge in [-0.3, -0.25) is 0 Å². The summed E-state index contributed by atoms with van der Waals surface area (Å²) in [4.78, 5) is 11.6. The maximum Gasteiger partial charge on any atom is 0.408 e. The summed E-state index contributed by atoms with van der Waals surface area (Å²) in [5, 5.41) is 2.70. The molecule has 102 valence electrons. The first-order chi connectivity index (χ1) is 8.90. The lowest BCUT2D eigenvalue weighted by Crippen LogP contribution is -2.38. The number of aryl methyl sites for hydroxylation is 1. The van der Waals surface area contributed by atoms with Gasteiger partial charge in [-0.1, -0.05) is 36.3 Å². The molecule has 1 N–H and O–H groups in total. The highest BCUT2D eigenvalue weighted by molar-refractivity contribution is 5.68. The zero-order valence-corrected chi connectivity index (χ0v) is 11.8. The third kappa shape index (κ3) is 6.52. The highest BCUT2D eigenvalue weighted by Gasteiger charge is 2.18. The number of nitrogens with one attached hydrogen (secondary N) is 1. The van der Waals surface area contributed by atoms with E-state index in [-0.39, 0.29) is 6.04 Å². The second-order valence-corrected chi connectivity index (χ2v) is 5.39. The van der Waals surface area contributed by atoms with Crippen LogP contribution in [0, 0.1) is 12.3 Å². The predicted octanol–water partition coefficient (Wildman–Crippen LogP) is 3.15. The largest absolute Gasteiger partial charge is 0.444 e. The molecule has 3 nitrogen and oxygen atoms in total. The van der Waals surface area contributed by atoms with Gasteiger partial charge in [0.2, 0.25) is 0 Å². The molecule has 0 radical (unpaired) electrons. The number of amides is 1. The van der Waals surface area contributed by atoms with Crippen LogP contribution in [-0.4, -0.2) is 17.7 Å². The van der Waals surface area contributed by atoms with E-state index in [4.69, 9.17) is 11.2 Å². The van der Waals surface area contributed by atoms with Gasteiger partial charge < -0.3 is 10.1 Å². The molecule has 0 fully saturated rings.